The molecule has 0 aliphatic heterocycles. The number of ether oxygens (including phenoxy) is 1. The number of aliphatic hydroxyl groups excluding tert-OH is 2. The number of carbonyl (C=O) groups is 1. The third-order valence-electron chi connectivity index (χ3n) is 3.57. The van der Waals surface area contributed by atoms with Crippen molar-refractivity contribution in [3.8, 4) is 0 Å². The summed E-state index contributed by atoms with van der Waals surface area (Å²) in [6.07, 6.45) is 2.25. The largest absolute Gasteiger partial charge is 0.460 e. The highest BCUT2D eigenvalue weighted by Gasteiger charge is 2.33. The van der Waals surface area contributed by atoms with E-state index in [0.29, 0.717) is 17.8 Å². The summed E-state index contributed by atoms with van der Waals surface area (Å²) in [7, 11) is 0. The highest BCUT2D eigenvalue weighted by Crippen LogP contribution is 2.35. The van der Waals surface area contributed by atoms with Crippen molar-refractivity contribution in [2.75, 3.05) is 6.61 Å². The summed E-state index contributed by atoms with van der Waals surface area (Å²) in [6.45, 7) is 9.92. The van der Waals surface area contributed by atoms with E-state index >= 15 is 0 Å². The number of hydrogen-bond acceptors (Lipinski definition) is 4. The molecule has 0 aromatic rings. The molecule has 1 aliphatic rings. The van der Waals surface area contributed by atoms with Crippen LogP contribution in [0, 0.1) is 17.8 Å². The van der Waals surface area contributed by atoms with Gasteiger partial charge in [0.2, 0.25) is 0 Å². The van der Waals surface area contributed by atoms with Gasteiger partial charge in [-0.3, -0.25) is 0 Å². The van der Waals surface area contributed by atoms with Gasteiger partial charge in [-0.05, 0) is 44.4 Å². The molecule has 0 amide bonds. The van der Waals surface area contributed by atoms with E-state index in [1.54, 1.807) is 6.92 Å². The Hall–Kier alpha value is -0.610. The fraction of sp³-hybridized carbons (Fsp3) is 0.933. The summed E-state index contributed by atoms with van der Waals surface area (Å²) in [6, 6.07) is 0. The Bertz CT molecular complexity index is 251. The molecule has 0 bridgehead atoms. The summed E-state index contributed by atoms with van der Waals surface area (Å²) >= 11 is 0. The molecule has 0 aromatic heterocycles. The van der Waals surface area contributed by atoms with Crippen LogP contribution in [0.1, 0.15) is 53.9 Å². The number of rotatable bonds is 3. The minimum atomic E-state index is -1.01. The lowest BCUT2D eigenvalue weighted by molar-refractivity contribution is -0.164. The first-order chi connectivity index (χ1) is 8.83. The van der Waals surface area contributed by atoms with Gasteiger partial charge in [0.1, 0.15) is 12.2 Å². The highest BCUT2D eigenvalue weighted by atomic mass is 16.6. The molecule has 0 saturated heterocycles. The maximum atomic E-state index is 11.4. The van der Waals surface area contributed by atoms with E-state index < -0.39 is 12.1 Å². The number of hydrogen-bond donors (Lipinski definition) is 2. The quantitative estimate of drug-likeness (QED) is 0.775. The fourth-order valence-electron chi connectivity index (χ4n) is 2.50. The standard InChI is InChI=1S/C13H24O3.C2H6O/c1-8(2)11-6-5-9(3)7-12(11)16-13(15)10(4)14;1-2-3/h8-12,14H,5-7H2,1-4H3;3H,2H2,1H3. The normalized spacial score (nSPS) is 28.3. The van der Waals surface area contributed by atoms with Gasteiger partial charge in [-0.15, -0.1) is 0 Å². The molecule has 19 heavy (non-hydrogen) atoms. The summed E-state index contributed by atoms with van der Waals surface area (Å²) in [5.41, 5.74) is 0. The topological polar surface area (TPSA) is 66.8 Å². The second kappa shape index (κ2) is 9.32. The van der Waals surface area contributed by atoms with Gasteiger partial charge < -0.3 is 14.9 Å². The van der Waals surface area contributed by atoms with Crippen LogP contribution < -0.4 is 0 Å². The second-order valence-electron chi connectivity index (χ2n) is 5.79. The molecule has 4 nitrogen and oxygen atoms in total. The average Bonchev–Trinajstić information content (AvgIpc) is 2.29. The molecule has 2 N–H and O–H groups in total. The Morgan fingerprint density at radius 1 is 1.32 bits per heavy atom. The average molecular weight is 274 g/mol. The smallest absolute Gasteiger partial charge is 0.334 e. The van der Waals surface area contributed by atoms with Crippen molar-refractivity contribution in [3.63, 3.8) is 0 Å². The Balaban J connectivity index is 0.000000982. The predicted octanol–water partition coefficient (Wildman–Crippen LogP) is 2.37. The first-order valence-electron chi connectivity index (χ1n) is 7.32. The maximum Gasteiger partial charge on any atom is 0.334 e. The molecule has 4 heteroatoms. The molecule has 0 spiro atoms. The van der Waals surface area contributed by atoms with Crippen molar-refractivity contribution < 1.29 is 19.7 Å². The molecule has 1 rings (SSSR count). The van der Waals surface area contributed by atoms with E-state index in [4.69, 9.17) is 14.9 Å². The minimum Gasteiger partial charge on any atom is -0.460 e. The van der Waals surface area contributed by atoms with E-state index in [-0.39, 0.29) is 12.7 Å². The third-order valence-corrected chi connectivity index (χ3v) is 3.57. The lowest BCUT2D eigenvalue weighted by atomic mass is 9.75. The monoisotopic (exact) mass is 274 g/mol. The Kier molecular flexibility index (Phi) is 9.02. The zero-order valence-electron chi connectivity index (χ0n) is 12.9. The first kappa shape index (κ1) is 18.4. The minimum absolute atomic E-state index is 0.00847. The molecule has 114 valence electrons. The summed E-state index contributed by atoms with van der Waals surface area (Å²) in [4.78, 5) is 11.4. The Labute approximate surface area is 117 Å². The van der Waals surface area contributed by atoms with E-state index in [2.05, 4.69) is 20.8 Å². The van der Waals surface area contributed by atoms with Crippen LogP contribution in [0.2, 0.25) is 0 Å². The fourth-order valence-corrected chi connectivity index (χ4v) is 2.50. The first-order valence-corrected chi connectivity index (χ1v) is 7.32. The van der Waals surface area contributed by atoms with Crippen LogP contribution >= 0.6 is 0 Å². The maximum absolute atomic E-state index is 11.4. The van der Waals surface area contributed by atoms with Gasteiger partial charge in [0.15, 0.2) is 0 Å². The van der Waals surface area contributed by atoms with Gasteiger partial charge >= 0.3 is 5.97 Å². The van der Waals surface area contributed by atoms with Gasteiger partial charge in [0.25, 0.3) is 0 Å². The molecule has 4 unspecified atom stereocenters. The van der Waals surface area contributed by atoms with E-state index in [9.17, 15) is 4.79 Å². The molecule has 4 atom stereocenters. The van der Waals surface area contributed by atoms with Crippen LogP contribution in [0.4, 0.5) is 0 Å². The molecule has 0 radical (unpaired) electrons. The summed E-state index contributed by atoms with van der Waals surface area (Å²) in [5.74, 6) is 1.10. The predicted molar refractivity (Wildman–Crippen MR) is 75.7 cm³/mol. The number of aliphatic hydroxyl groups is 2. The Morgan fingerprint density at radius 2 is 1.84 bits per heavy atom. The van der Waals surface area contributed by atoms with Gasteiger partial charge in [-0.25, -0.2) is 4.79 Å². The molecular formula is C15H30O4. The van der Waals surface area contributed by atoms with Crippen LogP contribution in [-0.4, -0.2) is 35.0 Å². The van der Waals surface area contributed by atoms with E-state index in [0.717, 1.165) is 12.8 Å². The van der Waals surface area contributed by atoms with Crippen LogP contribution in [-0.2, 0) is 9.53 Å². The van der Waals surface area contributed by atoms with E-state index in [1.807, 2.05) is 0 Å². The van der Waals surface area contributed by atoms with Crippen LogP contribution in [0.3, 0.4) is 0 Å². The zero-order chi connectivity index (χ0) is 15.0. The van der Waals surface area contributed by atoms with Crippen molar-refractivity contribution >= 4 is 5.97 Å². The molecule has 1 aliphatic carbocycles. The number of esters is 1. The molecule has 1 fully saturated rings. The van der Waals surface area contributed by atoms with E-state index in [1.165, 1.54) is 13.3 Å². The van der Waals surface area contributed by atoms with Gasteiger partial charge in [-0.2, -0.15) is 0 Å². The van der Waals surface area contributed by atoms with Crippen LogP contribution in [0.25, 0.3) is 0 Å². The molecular weight excluding hydrogens is 244 g/mol. The zero-order valence-corrected chi connectivity index (χ0v) is 12.9. The molecule has 0 aromatic carbocycles. The van der Waals surface area contributed by atoms with Crippen molar-refractivity contribution in [1.29, 1.82) is 0 Å². The van der Waals surface area contributed by atoms with Crippen molar-refractivity contribution in [3.05, 3.63) is 0 Å². The molecule has 1 saturated carbocycles. The SMILES string of the molecule is CC1CCC(C(C)C)C(OC(=O)C(C)O)C1.CCO. The highest BCUT2D eigenvalue weighted by molar-refractivity contribution is 5.74. The lowest BCUT2D eigenvalue weighted by Crippen LogP contribution is -2.37. The summed E-state index contributed by atoms with van der Waals surface area (Å²) in [5, 5.41) is 16.7. The van der Waals surface area contributed by atoms with Crippen molar-refractivity contribution in [2.24, 2.45) is 17.8 Å². The van der Waals surface area contributed by atoms with Gasteiger partial charge in [-0.1, -0.05) is 27.2 Å². The lowest BCUT2D eigenvalue weighted by Gasteiger charge is -2.36. The van der Waals surface area contributed by atoms with Gasteiger partial charge in [0, 0.05) is 6.61 Å². The number of carbonyl (C=O) groups excluding carboxylic acids is 1. The van der Waals surface area contributed by atoms with Crippen molar-refractivity contribution in [1.82, 2.24) is 0 Å². The summed E-state index contributed by atoms with van der Waals surface area (Å²) < 4.78 is 5.41. The second-order valence-corrected chi connectivity index (χ2v) is 5.79. The van der Waals surface area contributed by atoms with Crippen molar-refractivity contribution in [2.45, 2.75) is 66.1 Å². The van der Waals surface area contributed by atoms with Crippen LogP contribution in [0.5, 0.6) is 0 Å². The third kappa shape index (κ3) is 6.92. The van der Waals surface area contributed by atoms with Gasteiger partial charge in [0.05, 0.1) is 0 Å². The molecule has 0 heterocycles. The Morgan fingerprint density at radius 3 is 2.26 bits per heavy atom. The van der Waals surface area contributed by atoms with Crippen LogP contribution in [0.15, 0.2) is 0 Å².